The highest BCUT2D eigenvalue weighted by Gasteiger charge is 2.21. The number of carbonyl (C=O) groups is 6. The van der Waals surface area contributed by atoms with Crippen LogP contribution in [-0.4, -0.2) is 140 Å². The molecule has 2 aromatic heterocycles. The molecule has 0 aliphatic heterocycles. The quantitative estimate of drug-likeness (QED) is 0.0954. The Kier molecular flexibility index (Phi) is 18.1. The van der Waals surface area contributed by atoms with E-state index < -0.39 is 35.4 Å². The first-order valence-corrected chi connectivity index (χ1v) is 16.1. The Morgan fingerprint density at radius 2 is 1.15 bits per heavy atom. The van der Waals surface area contributed by atoms with Gasteiger partial charge in [-0.05, 0) is 50.0 Å². The SMILES string of the molecule is C#CC(=O)NCCN(CCNC(=O)C#C)C(=O)c1cn(CCC(C)OC/C=C(/C)n2cc(C(=O)N(CCNC(=O)C#C)CCNC(=O)C#C)nn2)nn1. The number of ether oxygens (including phenoxy) is 1. The summed E-state index contributed by atoms with van der Waals surface area (Å²) in [7, 11) is 0. The number of hydrogen-bond acceptors (Lipinski definition) is 11. The molecule has 0 aliphatic rings. The van der Waals surface area contributed by atoms with Gasteiger partial charge in [0.1, 0.15) is 0 Å². The molecule has 6 amide bonds. The molecule has 1 unspecified atom stereocenters. The molecule has 0 saturated carbocycles. The standard InChI is InChI=1S/C34H40N12O7/c1-7-29(47)35-13-18-43(19-14-36-30(48)8-2)33(51)27-23-45(41-39-27)17-11-26(6)53-22-12-25(5)46-24-28(40-42-46)34(52)44(20-15-37-31(49)9-3)21-16-38-32(50)10-4/h1-4,12,23-24,26H,11,13-22H2,5-6H3,(H,35,47)(H,36,48)(H,37,49)(H,38,50)/b25-12-. The van der Waals surface area contributed by atoms with Crippen molar-refractivity contribution in [1.29, 1.82) is 0 Å². The highest BCUT2D eigenvalue weighted by Crippen LogP contribution is 2.08. The van der Waals surface area contributed by atoms with E-state index in [0.717, 1.165) is 0 Å². The Morgan fingerprint density at radius 3 is 1.58 bits per heavy atom. The molecule has 0 spiro atoms. The van der Waals surface area contributed by atoms with Crippen LogP contribution in [0.1, 0.15) is 41.2 Å². The molecule has 0 radical (unpaired) electrons. The van der Waals surface area contributed by atoms with Crippen LogP contribution < -0.4 is 21.3 Å². The summed E-state index contributed by atoms with van der Waals surface area (Å²) in [5.41, 5.74) is 0.710. The molecule has 2 aromatic rings. The van der Waals surface area contributed by atoms with E-state index in [1.54, 1.807) is 13.0 Å². The molecule has 0 aliphatic carbocycles. The third kappa shape index (κ3) is 15.2. The van der Waals surface area contributed by atoms with Gasteiger partial charge in [-0.25, -0.2) is 4.68 Å². The maximum absolute atomic E-state index is 13.2. The van der Waals surface area contributed by atoms with Gasteiger partial charge in [0.25, 0.3) is 35.4 Å². The zero-order valence-electron chi connectivity index (χ0n) is 29.3. The molecule has 19 nitrogen and oxygen atoms in total. The highest BCUT2D eigenvalue weighted by molar-refractivity contribution is 5.95. The Bertz CT molecular complexity index is 1750. The van der Waals surface area contributed by atoms with Crippen LogP contribution >= 0.6 is 0 Å². The molecule has 1 atom stereocenters. The van der Waals surface area contributed by atoms with Gasteiger partial charge in [0.2, 0.25) is 0 Å². The van der Waals surface area contributed by atoms with Gasteiger partial charge < -0.3 is 35.8 Å². The summed E-state index contributed by atoms with van der Waals surface area (Å²) in [6.45, 7) is 4.85. The minimum Gasteiger partial charge on any atom is -0.374 e. The molecule has 278 valence electrons. The fourth-order valence-electron chi connectivity index (χ4n) is 4.24. The molecule has 0 saturated heterocycles. The number of nitrogens with one attached hydrogen (secondary N) is 4. The molecule has 0 aromatic carbocycles. The lowest BCUT2D eigenvalue weighted by Gasteiger charge is -2.21. The monoisotopic (exact) mass is 728 g/mol. The number of aryl methyl sites for hydroxylation is 1. The van der Waals surface area contributed by atoms with E-state index in [2.05, 4.69) is 41.9 Å². The molecule has 0 fully saturated rings. The number of aromatic nitrogens is 6. The maximum atomic E-state index is 13.2. The normalized spacial score (nSPS) is 11.0. The zero-order valence-corrected chi connectivity index (χ0v) is 29.3. The van der Waals surface area contributed by atoms with E-state index in [-0.39, 0.29) is 76.5 Å². The van der Waals surface area contributed by atoms with E-state index in [0.29, 0.717) is 18.7 Å². The first-order chi connectivity index (χ1) is 25.4. The summed E-state index contributed by atoms with van der Waals surface area (Å²) in [6, 6.07) is 0. The number of rotatable bonds is 21. The van der Waals surface area contributed by atoms with Gasteiger partial charge in [0.05, 0.1) is 25.1 Å². The van der Waals surface area contributed by atoms with Crippen LogP contribution in [-0.2, 0) is 30.5 Å². The van der Waals surface area contributed by atoms with E-state index in [9.17, 15) is 28.8 Å². The first kappa shape index (κ1) is 42.2. The van der Waals surface area contributed by atoms with Crippen molar-refractivity contribution in [3.63, 3.8) is 0 Å². The smallest absolute Gasteiger partial charge is 0.295 e. The lowest BCUT2D eigenvalue weighted by atomic mass is 10.3. The van der Waals surface area contributed by atoms with Crippen LogP contribution in [0.4, 0.5) is 0 Å². The van der Waals surface area contributed by atoms with Crippen molar-refractivity contribution >= 4 is 41.1 Å². The predicted molar refractivity (Wildman–Crippen MR) is 189 cm³/mol. The molecule has 2 rings (SSSR count). The van der Waals surface area contributed by atoms with Crippen molar-refractivity contribution in [3.8, 4) is 49.4 Å². The molecular formula is C34H40N12O7. The first-order valence-electron chi connectivity index (χ1n) is 16.1. The Hall–Kier alpha value is -6.96. The minimum atomic E-state index is -0.631. The molecule has 2 heterocycles. The van der Waals surface area contributed by atoms with Gasteiger partial charge in [-0.1, -0.05) is 10.4 Å². The number of allylic oxidation sites excluding steroid dienone is 1. The Balaban J connectivity index is 1.92. The molecule has 53 heavy (non-hydrogen) atoms. The number of terminal acetylenes is 4. The minimum absolute atomic E-state index is 0.0266. The van der Waals surface area contributed by atoms with Crippen LogP contribution in [0, 0.1) is 49.4 Å². The van der Waals surface area contributed by atoms with E-state index in [1.165, 1.54) is 31.6 Å². The summed E-state index contributed by atoms with van der Waals surface area (Å²) in [5, 5.41) is 25.9. The largest absolute Gasteiger partial charge is 0.374 e. The third-order valence-corrected chi connectivity index (χ3v) is 7.12. The van der Waals surface area contributed by atoms with E-state index in [1.807, 2.05) is 30.6 Å². The summed E-state index contributed by atoms with van der Waals surface area (Å²) in [4.78, 5) is 74.6. The fourth-order valence-corrected chi connectivity index (χ4v) is 4.24. The second kappa shape index (κ2) is 22.7. The summed E-state index contributed by atoms with van der Waals surface area (Å²) in [5.74, 6) is 4.22. The van der Waals surface area contributed by atoms with Crippen molar-refractivity contribution in [2.45, 2.75) is 32.9 Å². The number of amides is 6. The van der Waals surface area contributed by atoms with Gasteiger partial charge in [-0.2, -0.15) is 0 Å². The topological polar surface area (TPSA) is 228 Å². The second-order valence-electron chi connectivity index (χ2n) is 10.9. The summed E-state index contributed by atoms with van der Waals surface area (Å²) >= 11 is 0. The average Bonchev–Trinajstić information content (AvgIpc) is 3.86. The number of hydrogen-bond donors (Lipinski definition) is 4. The lowest BCUT2D eigenvalue weighted by Crippen LogP contribution is -2.42. The second-order valence-corrected chi connectivity index (χ2v) is 10.9. The van der Waals surface area contributed by atoms with Crippen LogP contribution in [0.2, 0.25) is 0 Å². The summed E-state index contributed by atoms with van der Waals surface area (Å²) < 4.78 is 8.79. The van der Waals surface area contributed by atoms with Crippen LogP contribution in [0.5, 0.6) is 0 Å². The third-order valence-electron chi connectivity index (χ3n) is 7.12. The number of carbonyl (C=O) groups excluding carboxylic acids is 6. The predicted octanol–water partition coefficient (Wildman–Crippen LogP) is -2.89. The zero-order chi connectivity index (χ0) is 39.2. The van der Waals surface area contributed by atoms with Crippen molar-refractivity contribution in [3.05, 3.63) is 29.9 Å². The van der Waals surface area contributed by atoms with Gasteiger partial charge >= 0.3 is 0 Å². The van der Waals surface area contributed by atoms with Crippen LogP contribution in [0.3, 0.4) is 0 Å². The van der Waals surface area contributed by atoms with Crippen molar-refractivity contribution in [2.24, 2.45) is 0 Å². The summed E-state index contributed by atoms with van der Waals surface area (Å²) in [6.07, 6.45) is 25.2. The van der Waals surface area contributed by atoms with Gasteiger partial charge in [0, 0.05) is 64.6 Å². The van der Waals surface area contributed by atoms with Crippen LogP contribution in [0.25, 0.3) is 5.70 Å². The van der Waals surface area contributed by atoms with Gasteiger partial charge in [-0.3, -0.25) is 33.4 Å². The number of nitrogens with zero attached hydrogens (tertiary/aromatic N) is 8. The van der Waals surface area contributed by atoms with E-state index in [4.69, 9.17) is 30.4 Å². The fraction of sp³-hybridized carbons (Fsp3) is 0.412. The lowest BCUT2D eigenvalue weighted by molar-refractivity contribution is -0.116. The molecule has 4 N–H and O–H groups in total. The highest BCUT2D eigenvalue weighted by atomic mass is 16.5. The van der Waals surface area contributed by atoms with Crippen molar-refractivity contribution < 1.29 is 33.5 Å². The Labute approximate surface area is 306 Å². The maximum Gasteiger partial charge on any atom is 0.295 e. The van der Waals surface area contributed by atoms with Gasteiger partial charge in [0.15, 0.2) is 11.4 Å². The molecule has 19 heteroatoms. The average molecular weight is 729 g/mol. The van der Waals surface area contributed by atoms with Crippen LogP contribution in [0.15, 0.2) is 18.5 Å². The molecule has 0 bridgehead atoms. The van der Waals surface area contributed by atoms with Gasteiger partial charge in [-0.15, -0.1) is 35.9 Å². The Morgan fingerprint density at radius 1 is 0.736 bits per heavy atom. The molecular weight excluding hydrogens is 688 g/mol. The van der Waals surface area contributed by atoms with E-state index >= 15 is 0 Å². The van der Waals surface area contributed by atoms with Crippen molar-refractivity contribution in [1.82, 2.24) is 61.1 Å². The van der Waals surface area contributed by atoms with Crippen molar-refractivity contribution in [2.75, 3.05) is 59.0 Å².